The van der Waals surface area contributed by atoms with Crippen molar-refractivity contribution in [2.75, 3.05) is 0 Å². The average molecular weight is 370 g/mol. The fourth-order valence-electron chi connectivity index (χ4n) is 1.46. The number of hydrogen-bond acceptors (Lipinski definition) is 2. The predicted molar refractivity (Wildman–Crippen MR) is 94.7 cm³/mol. The van der Waals surface area contributed by atoms with Crippen molar-refractivity contribution in [1.29, 1.82) is 0 Å². The van der Waals surface area contributed by atoms with Crippen molar-refractivity contribution in [3.05, 3.63) is 39.9 Å². The molecule has 6 heteroatoms. The van der Waals surface area contributed by atoms with Gasteiger partial charge in [0.2, 0.25) is 0 Å². The van der Waals surface area contributed by atoms with E-state index in [1.54, 1.807) is 6.08 Å². The van der Waals surface area contributed by atoms with Crippen molar-refractivity contribution in [1.82, 2.24) is 16.2 Å². The molecule has 0 aromatic heterocycles. The highest BCUT2D eigenvalue weighted by Crippen LogP contribution is 2.19. The van der Waals surface area contributed by atoms with E-state index in [9.17, 15) is 4.79 Å². The summed E-state index contributed by atoms with van der Waals surface area (Å²) in [7, 11) is 0. The Kier molecular flexibility index (Phi) is 6.36. The van der Waals surface area contributed by atoms with Crippen molar-refractivity contribution in [2.45, 2.75) is 33.2 Å². The Morgan fingerprint density at radius 3 is 2.52 bits per heavy atom. The van der Waals surface area contributed by atoms with Crippen LogP contribution in [0.3, 0.4) is 0 Å². The van der Waals surface area contributed by atoms with Gasteiger partial charge < -0.3 is 5.32 Å². The van der Waals surface area contributed by atoms with Gasteiger partial charge in [0, 0.05) is 16.1 Å². The molecule has 114 valence electrons. The number of hydrogen-bond donors (Lipinski definition) is 3. The first-order valence-corrected chi connectivity index (χ1v) is 7.70. The van der Waals surface area contributed by atoms with Crippen LogP contribution in [0.4, 0.5) is 0 Å². The molecule has 0 atom stereocenters. The second kappa shape index (κ2) is 7.56. The molecular weight excluding hydrogens is 350 g/mol. The third-order valence-corrected chi connectivity index (χ3v) is 3.25. The zero-order valence-corrected chi connectivity index (χ0v) is 15.0. The van der Waals surface area contributed by atoms with E-state index < -0.39 is 0 Å². The van der Waals surface area contributed by atoms with Crippen LogP contribution in [0.25, 0.3) is 6.08 Å². The number of carbonyl (C=O) groups excluding carboxylic acids is 1. The SMILES string of the molecule is Cc1ccc(/C=C/C(=O)NNC(=S)NC(C)(C)C)c(Br)c1. The number of rotatable bonds is 2. The summed E-state index contributed by atoms with van der Waals surface area (Å²) >= 11 is 8.53. The van der Waals surface area contributed by atoms with Crippen LogP contribution in [-0.4, -0.2) is 16.6 Å². The fourth-order valence-corrected chi connectivity index (χ4v) is 2.45. The second-order valence-corrected chi connectivity index (χ2v) is 6.94. The van der Waals surface area contributed by atoms with E-state index in [0.717, 1.165) is 15.6 Å². The van der Waals surface area contributed by atoms with Crippen LogP contribution in [0.15, 0.2) is 28.7 Å². The molecule has 0 radical (unpaired) electrons. The van der Waals surface area contributed by atoms with Crippen LogP contribution in [0, 0.1) is 6.92 Å². The molecule has 3 N–H and O–H groups in total. The maximum absolute atomic E-state index is 11.7. The van der Waals surface area contributed by atoms with E-state index >= 15 is 0 Å². The van der Waals surface area contributed by atoms with Gasteiger partial charge in [-0.15, -0.1) is 0 Å². The van der Waals surface area contributed by atoms with Crippen LogP contribution in [0.2, 0.25) is 0 Å². The number of halogens is 1. The highest BCUT2D eigenvalue weighted by molar-refractivity contribution is 9.10. The van der Waals surface area contributed by atoms with E-state index in [0.29, 0.717) is 5.11 Å². The second-order valence-electron chi connectivity index (χ2n) is 5.68. The Morgan fingerprint density at radius 1 is 1.29 bits per heavy atom. The van der Waals surface area contributed by atoms with Gasteiger partial charge in [0.15, 0.2) is 5.11 Å². The number of aryl methyl sites for hydroxylation is 1. The van der Waals surface area contributed by atoms with E-state index in [4.69, 9.17) is 12.2 Å². The Labute approximate surface area is 139 Å². The summed E-state index contributed by atoms with van der Waals surface area (Å²) in [4.78, 5) is 11.7. The van der Waals surface area contributed by atoms with Gasteiger partial charge in [-0.2, -0.15) is 0 Å². The van der Waals surface area contributed by atoms with Gasteiger partial charge in [0.1, 0.15) is 0 Å². The summed E-state index contributed by atoms with van der Waals surface area (Å²) in [5, 5.41) is 3.41. The third-order valence-electron chi connectivity index (χ3n) is 2.36. The zero-order valence-electron chi connectivity index (χ0n) is 12.6. The van der Waals surface area contributed by atoms with Gasteiger partial charge >= 0.3 is 0 Å². The Bertz CT molecular complexity index is 565. The maximum Gasteiger partial charge on any atom is 0.262 e. The summed E-state index contributed by atoms with van der Waals surface area (Å²) in [6.07, 6.45) is 3.18. The lowest BCUT2D eigenvalue weighted by atomic mass is 10.1. The minimum absolute atomic E-state index is 0.155. The fraction of sp³-hybridized carbons (Fsp3) is 0.333. The number of carbonyl (C=O) groups is 1. The standard InChI is InChI=1S/C15H20BrN3OS/c1-10-5-6-11(12(16)9-10)7-8-13(20)18-19-14(21)17-15(2,3)4/h5-9H,1-4H3,(H,18,20)(H2,17,19,21)/b8-7+. The number of hydrazine groups is 1. The first-order chi connectivity index (χ1) is 9.67. The topological polar surface area (TPSA) is 53.2 Å². The van der Waals surface area contributed by atoms with E-state index in [-0.39, 0.29) is 11.4 Å². The predicted octanol–water partition coefficient (Wildman–Crippen LogP) is 3.06. The summed E-state index contributed by atoms with van der Waals surface area (Å²) < 4.78 is 0.949. The Morgan fingerprint density at radius 2 is 1.95 bits per heavy atom. The van der Waals surface area contributed by atoms with Crippen LogP contribution < -0.4 is 16.2 Å². The first-order valence-electron chi connectivity index (χ1n) is 6.50. The van der Waals surface area contributed by atoms with Gasteiger partial charge in [-0.1, -0.05) is 28.1 Å². The summed E-state index contributed by atoms with van der Waals surface area (Å²) in [6, 6.07) is 5.93. The molecule has 0 bridgehead atoms. The molecule has 1 rings (SSSR count). The first kappa shape index (κ1) is 17.7. The molecule has 1 amide bonds. The van der Waals surface area contributed by atoms with Gasteiger partial charge in [0.25, 0.3) is 5.91 Å². The molecule has 0 unspecified atom stereocenters. The zero-order chi connectivity index (χ0) is 16.0. The largest absolute Gasteiger partial charge is 0.357 e. The molecule has 0 heterocycles. The van der Waals surface area contributed by atoms with Crippen molar-refractivity contribution in [3.63, 3.8) is 0 Å². The lowest BCUT2D eigenvalue weighted by molar-refractivity contribution is -0.117. The van der Waals surface area contributed by atoms with Gasteiger partial charge in [-0.25, -0.2) is 0 Å². The molecule has 0 spiro atoms. The lowest BCUT2D eigenvalue weighted by Crippen LogP contribution is -2.51. The molecule has 0 aliphatic carbocycles. The molecule has 1 aromatic carbocycles. The van der Waals surface area contributed by atoms with Crippen LogP contribution >= 0.6 is 28.1 Å². The third kappa shape index (κ3) is 7.24. The minimum Gasteiger partial charge on any atom is -0.357 e. The summed E-state index contributed by atoms with van der Waals surface area (Å²) in [6.45, 7) is 7.96. The van der Waals surface area contributed by atoms with Gasteiger partial charge in [-0.05, 0) is 63.2 Å². The highest BCUT2D eigenvalue weighted by Gasteiger charge is 2.10. The molecule has 0 saturated heterocycles. The Hall–Kier alpha value is -1.40. The molecular formula is C15H20BrN3OS. The Balaban J connectivity index is 2.50. The van der Waals surface area contributed by atoms with Crippen LogP contribution in [-0.2, 0) is 4.79 Å². The molecule has 0 aliphatic heterocycles. The van der Waals surface area contributed by atoms with E-state index in [1.165, 1.54) is 6.08 Å². The van der Waals surface area contributed by atoms with Crippen molar-refractivity contribution < 1.29 is 4.79 Å². The molecule has 0 aliphatic rings. The quantitative estimate of drug-likeness (QED) is 0.426. The summed E-state index contributed by atoms with van der Waals surface area (Å²) in [5.74, 6) is -0.277. The minimum atomic E-state index is -0.277. The molecule has 4 nitrogen and oxygen atoms in total. The van der Waals surface area contributed by atoms with Crippen molar-refractivity contribution >= 4 is 45.2 Å². The lowest BCUT2D eigenvalue weighted by Gasteiger charge is -2.22. The number of thiocarbonyl (C=S) groups is 1. The van der Waals surface area contributed by atoms with Crippen LogP contribution in [0.5, 0.6) is 0 Å². The smallest absolute Gasteiger partial charge is 0.262 e. The molecule has 1 aromatic rings. The summed E-state index contributed by atoms with van der Waals surface area (Å²) in [5.41, 5.74) is 7.11. The van der Waals surface area contributed by atoms with E-state index in [1.807, 2.05) is 45.9 Å². The number of amides is 1. The normalized spacial score (nSPS) is 11.3. The van der Waals surface area contributed by atoms with Crippen molar-refractivity contribution in [2.24, 2.45) is 0 Å². The number of nitrogens with one attached hydrogen (secondary N) is 3. The monoisotopic (exact) mass is 369 g/mol. The van der Waals surface area contributed by atoms with E-state index in [2.05, 4.69) is 32.1 Å². The van der Waals surface area contributed by atoms with Crippen LogP contribution in [0.1, 0.15) is 31.9 Å². The number of benzene rings is 1. The van der Waals surface area contributed by atoms with Crippen molar-refractivity contribution in [3.8, 4) is 0 Å². The molecule has 0 fully saturated rings. The highest BCUT2D eigenvalue weighted by atomic mass is 79.9. The van der Waals surface area contributed by atoms with Gasteiger partial charge in [0.05, 0.1) is 0 Å². The van der Waals surface area contributed by atoms with Gasteiger partial charge in [-0.3, -0.25) is 15.6 Å². The molecule has 21 heavy (non-hydrogen) atoms. The maximum atomic E-state index is 11.7. The average Bonchev–Trinajstić information content (AvgIpc) is 2.33. The molecule has 0 saturated carbocycles.